The Hall–Kier alpha value is -2.50. The third-order valence-electron chi connectivity index (χ3n) is 5.91. The quantitative estimate of drug-likeness (QED) is 0.537. The molecule has 1 aliphatic heterocycles. The van der Waals surface area contributed by atoms with E-state index >= 15 is 0 Å². The second-order valence-corrected chi connectivity index (χ2v) is 9.28. The highest BCUT2D eigenvalue weighted by Gasteiger charge is 2.50. The van der Waals surface area contributed by atoms with E-state index in [2.05, 4.69) is 20.8 Å². The smallest absolute Gasteiger partial charge is 0.331 e. The third kappa shape index (κ3) is 4.92. The molecule has 0 unspecified atom stereocenters. The summed E-state index contributed by atoms with van der Waals surface area (Å²) in [6.07, 6.45) is 6.05. The van der Waals surface area contributed by atoms with Crippen LogP contribution in [0.4, 0.5) is 0 Å². The van der Waals surface area contributed by atoms with Crippen LogP contribution < -0.4 is 9.47 Å². The topological polar surface area (TPSA) is 65.1 Å². The fraction of sp³-hybridized carbons (Fsp3) is 0.565. The minimum Gasteiger partial charge on any atom is -0.497 e. The van der Waals surface area contributed by atoms with E-state index in [1.54, 1.807) is 38.5 Å². The first-order valence-electron chi connectivity index (χ1n) is 10.0. The molecule has 0 N–H and O–H groups in total. The van der Waals surface area contributed by atoms with Crippen LogP contribution in [-0.2, 0) is 14.3 Å². The predicted molar refractivity (Wildman–Crippen MR) is 111 cm³/mol. The zero-order valence-corrected chi connectivity index (χ0v) is 18.0. The van der Waals surface area contributed by atoms with Gasteiger partial charge < -0.3 is 19.1 Å². The summed E-state index contributed by atoms with van der Waals surface area (Å²) in [4.78, 5) is 26.7. The zero-order chi connectivity index (χ0) is 21.2. The number of amides is 1. The highest BCUT2D eigenvalue weighted by atomic mass is 16.5. The summed E-state index contributed by atoms with van der Waals surface area (Å²) >= 11 is 0. The van der Waals surface area contributed by atoms with Crippen molar-refractivity contribution in [1.82, 2.24) is 4.90 Å². The van der Waals surface area contributed by atoms with Crippen molar-refractivity contribution in [3.05, 3.63) is 29.8 Å². The number of nitrogens with zero attached hydrogens (tertiary/aromatic N) is 1. The lowest BCUT2D eigenvalue weighted by molar-refractivity contribution is -0.148. The summed E-state index contributed by atoms with van der Waals surface area (Å²) in [5.41, 5.74) is 1.09. The zero-order valence-electron chi connectivity index (χ0n) is 18.0. The number of methoxy groups -OCH3 is 2. The van der Waals surface area contributed by atoms with Crippen molar-refractivity contribution in [3.8, 4) is 11.5 Å². The van der Waals surface area contributed by atoms with Crippen molar-refractivity contribution in [2.75, 3.05) is 27.4 Å². The molecule has 0 aromatic heterocycles. The lowest BCUT2D eigenvalue weighted by atomic mass is 9.65. The largest absolute Gasteiger partial charge is 0.497 e. The predicted octanol–water partition coefficient (Wildman–Crippen LogP) is 3.69. The maximum absolute atomic E-state index is 12.7. The third-order valence-corrected chi connectivity index (χ3v) is 5.91. The van der Waals surface area contributed by atoms with Crippen molar-refractivity contribution >= 4 is 18.0 Å². The molecule has 1 heterocycles. The number of benzene rings is 1. The van der Waals surface area contributed by atoms with E-state index in [0.717, 1.165) is 25.8 Å². The van der Waals surface area contributed by atoms with Gasteiger partial charge in [-0.2, -0.15) is 0 Å². The molecule has 1 amide bonds. The highest BCUT2D eigenvalue weighted by Crippen LogP contribution is 2.52. The first-order chi connectivity index (χ1) is 13.6. The molecular formula is C23H31NO5. The molecule has 2 atom stereocenters. The number of likely N-dealkylation sites (tertiary alicyclic amines) is 1. The number of ether oxygens (including phenoxy) is 3. The maximum atomic E-state index is 12.7. The van der Waals surface area contributed by atoms with Crippen molar-refractivity contribution in [3.63, 3.8) is 0 Å². The molecule has 3 rings (SSSR count). The molecule has 2 fully saturated rings. The van der Waals surface area contributed by atoms with Gasteiger partial charge in [-0.15, -0.1) is 0 Å². The molecule has 1 aromatic carbocycles. The second-order valence-electron chi connectivity index (χ2n) is 9.28. The summed E-state index contributed by atoms with van der Waals surface area (Å²) in [6.45, 7) is 7.30. The minimum atomic E-state index is -0.558. The average molecular weight is 402 g/mol. The molecule has 158 valence electrons. The monoisotopic (exact) mass is 401 g/mol. The van der Waals surface area contributed by atoms with Crippen molar-refractivity contribution < 1.29 is 23.8 Å². The summed E-state index contributed by atoms with van der Waals surface area (Å²) in [5.74, 6) is 0.603. The minimum absolute atomic E-state index is 0.114. The van der Waals surface area contributed by atoms with Crippen LogP contribution in [0.3, 0.4) is 0 Å². The van der Waals surface area contributed by atoms with Gasteiger partial charge in [-0.1, -0.05) is 20.8 Å². The van der Waals surface area contributed by atoms with Gasteiger partial charge >= 0.3 is 5.97 Å². The van der Waals surface area contributed by atoms with Gasteiger partial charge in [-0.05, 0) is 54.4 Å². The number of esters is 1. The lowest BCUT2D eigenvalue weighted by Gasteiger charge is -2.39. The first kappa shape index (κ1) is 21.2. The van der Waals surface area contributed by atoms with Crippen LogP contribution in [0, 0.1) is 10.8 Å². The van der Waals surface area contributed by atoms with Gasteiger partial charge in [0.05, 0.1) is 14.2 Å². The summed E-state index contributed by atoms with van der Waals surface area (Å²) in [7, 11) is 3.13. The van der Waals surface area contributed by atoms with Crippen LogP contribution in [0.1, 0.15) is 45.6 Å². The number of rotatable bonds is 6. The Morgan fingerprint density at radius 3 is 2.62 bits per heavy atom. The van der Waals surface area contributed by atoms with E-state index in [9.17, 15) is 9.59 Å². The van der Waals surface area contributed by atoms with Crippen molar-refractivity contribution in [2.24, 2.45) is 10.8 Å². The van der Waals surface area contributed by atoms with E-state index < -0.39 is 5.97 Å². The Morgan fingerprint density at radius 1 is 1.17 bits per heavy atom. The summed E-state index contributed by atoms with van der Waals surface area (Å²) in [5, 5.41) is 0. The number of hydrogen-bond acceptors (Lipinski definition) is 5. The first-order valence-corrected chi connectivity index (χ1v) is 10.0. The van der Waals surface area contributed by atoms with Gasteiger partial charge in [0, 0.05) is 24.2 Å². The van der Waals surface area contributed by atoms with E-state index in [0.29, 0.717) is 17.1 Å². The van der Waals surface area contributed by atoms with Crippen LogP contribution >= 0.6 is 0 Å². The van der Waals surface area contributed by atoms with Gasteiger partial charge in [-0.25, -0.2) is 4.79 Å². The van der Waals surface area contributed by atoms with Gasteiger partial charge in [0.15, 0.2) is 6.61 Å². The van der Waals surface area contributed by atoms with Crippen molar-refractivity contribution in [2.45, 2.75) is 46.1 Å². The Labute approximate surface area is 172 Å². The lowest BCUT2D eigenvalue weighted by Crippen LogP contribution is -2.39. The van der Waals surface area contributed by atoms with E-state index in [4.69, 9.17) is 14.2 Å². The van der Waals surface area contributed by atoms with Crippen LogP contribution in [0.15, 0.2) is 24.3 Å². The standard InChI is InChI=1S/C23H31NO5/c1-22(2)11-17-12-23(3,14-22)15-24(17)20(25)13-29-21(26)9-6-16-10-18(27-4)7-8-19(16)28-5/h6-10,17H,11-15H2,1-5H3/b9-6+/t17-,23-/m1/s1. The Balaban J connectivity index is 1.57. The molecule has 1 aliphatic carbocycles. The highest BCUT2D eigenvalue weighted by molar-refractivity contribution is 5.90. The van der Waals surface area contributed by atoms with E-state index in [1.165, 1.54) is 6.08 Å². The molecule has 29 heavy (non-hydrogen) atoms. The number of carbonyl (C=O) groups excluding carboxylic acids is 2. The van der Waals surface area contributed by atoms with Crippen molar-refractivity contribution in [1.29, 1.82) is 0 Å². The van der Waals surface area contributed by atoms with Gasteiger partial charge in [-0.3, -0.25) is 4.79 Å². The summed E-state index contributed by atoms with van der Waals surface area (Å²) < 4.78 is 15.7. The van der Waals surface area contributed by atoms with Gasteiger partial charge in [0.2, 0.25) is 0 Å². The molecule has 2 aliphatic rings. The molecular weight excluding hydrogens is 370 g/mol. The SMILES string of the molecule is COc1ccc(OC)c(/C=C/C(=O)OCC(=O)N2C[C@]3(C)C[C@H]2CC(C)(C)C3)c1. The molecule has 6 heteroatoms. The van der Waals surface area contributed by atoms with Gasteiger partial charge in [0.25, 0.3) is 5.91 Å². The number of carbonyl (C=O) groups is 2. The molecule has 0 spiro atoms. The number of hydrogen-bond donors (Lipinski definition) is 0. The Morgan fingerprint density at radius 2 is 1.93 bits per heavy atom. The van der Waals surface area contributed by atoms with Crippen LogP contribution in [0.2, 0.25) is 0 Å². The van der Waals surface area contributed by atoms with E-state index in [-0.39, 0.29) is 29.4 Å². The Bertz CT molecular complexity index is 815. The van der Waals surface area contributed by atoms with Crippen LogP contribution in [-0.4, -0.2) is 50.2 Å². The fourth-order valence-corrected chi connectivity index (χ4v) is 5.14. The van der Waals surface area contributed by atoms with E-state index in [1.807, 2.05) is 4.90 Å². The molecule has 1 saturated carbocycles. The average Bonchev–Trinajstić information content (AvgIpc) is 2.92. The number of fused-ring (bicyclic) bond motifs is 2. The summed E-state index contributed by atoms with van der Waals surface area (Å²) in [6, 6.07) is 5.55. The normalized spacial score (nSPS) is 25.1. The fourth-order valence-electron chi connectivity index (χ4n) is 5.14. The molecule has 0 radical (unpaired) electrons. The Kier molecular flexibility index (Phi) is 5.92. The molecule has 1 saturated heterocycles. The van der Waals surface area contributed by atoms with Gasteiger partial charge in [0.1, 0.15) is 11.5 Å². The molecule has 2 bridgehead atoms. The maximum Gasteiger partial charge on any atom is 0.331 e. The molecule has 1 aromatic rings. The van der Waals surface area contributed by atoms with Crippen LogP contribution in [0.25, 0.3) is 6.08 Å². The second kappa shape index (κ2) is 8.09. The van der Waals surface area contributed by atoms with Crippen LogP contribution in [0.5, 0.6) is 11.5 Å². The molecule has 6 nitrogen and oxygen atoms in total.